The molecule has 0 saturated carbocycles. The molecule has 9 nitrogen and oxygen atoms in total. The highest BCUT2D eigenvalue weighted by molar-refractivity contribution is 6.05. The van der Waals surface area contributed by atoms with Crippen LogP contribution < -0.4 is 15.4 Å². The molecule has 0 aliphatic carbocycles. The fourth-order valence-electron chi connectivity index (χ4n) is 5.07. The summed E-state index contributed by atoms with van der Waals surface area (Å²) in [5.74, 6) is -3.51. The number of likely N-dealkylation sites (tertiary alicyclic amines) is 1. The Morgan fingerprint density at radius 3 is 2.29 bits per heavy atom. The molecule has 2 aliphatic rings. The number of rotatable bonds is 5. The number of benzene rings is 1. The molecule has 0 bridgehead atoms. The second-order valence-electron chi connectivity index (χ2n) is 11.8. The molecule has 2 N–H and O–H groups in total. The summed E-state index contributed by atoms with van der Waals surface area (Å²) >= 11 is 0. The number of halogens is 6. The van der Waals surface area contributed by atoms with Crippen LogP contribution >= 0.6 is 0 Å². The van der Waals surface area contributed by atoms with Gasteiger partial charge >= 0.3 is 18.4 Å². The smallest absolute Gasteiger partial charge is 0.437 e. The molecular formula is C27H36F6N4O5. The monoisotopic (exact) mass is 610 g/mol. The minimum Gasteiger partial charge on any atom is -0.466 e. The van der Waals surface area contributed by atoms with Gasteiger partial charge in [0.05, 0.1) is 22.9 Å². The zero-order valence-electron chi connectivity index (χ0n) is 24.3. The Morgan fingerprint density at radius 2 is 1.79 bits per heavy atom. The molecule has 2 aliphatic heterocycles. The van der Waals surface area contributed by atoms with Gasteiger partial charge in [0.15, 0.2) is 0 Å². The molecule has 236 valence electrons. The predicted molar refractivity (Wildman–Crippen MR) is 140 cm³/mol. The Hall–Kier alpha value is -3.23. The lowest BCUT2D eigenvalue weighted by Gasteiger charge is -2.43. The summed E-state index contributed by atoms with van der Waals surface area (Å²) in [6.07, 6.45) is -10.2. The fourth-order valence-corrected chi connectivity index (χ4v) is 5.07. The molecule has 2 atom stereocenters. The van der Waals surface area contributed by atoms with Gasteiger partial charge in [0, 0.05) is 32.2 Å². The van der Waals surface area contributed by atoms with E-state index in [2.05, 4.69) is 0 Å². The molecule has 0 radical (unpaired) electrons. The van der Waals surface area contributed by atoms with Crippen LogP contribution in [0.1, 0.15) is 70.3 Å². The Kier molecular flexibility index (Phi) is 9.07. The number of carbonyl (C=O) groups excluding carboxylic acids is 3. The van der Waals surface area contributed by atoms with Gasteiger partial charge in [0.25, 0.3) is 17.4 Å². The molecule has 2 heterocycles. The van der Waals surface area contributed by atoms with Gasteiger partial charge in [-0.15, -0.1) is 0 Å². The molecule has 42 heavy (non-hydrogen) atoms. The number of hydrogen-bond acceptors (Lipinski definition) is 6. The number of nitrogens with two attached hydrogens (primary N) is 1. The van der Waals surface area contributed by atoms with E-state index in [1.165, 1.54) is 9.80 Å². The minimum atomic E-state index is -5.27. The number of carbonyl (C=O) groups is 3. The zero-order chi connectivity index (χ0) is 32.0. The predicted octanol–water partition coefficient (Wildman–Crippen LogP) is 4.96. The molecule has 0 spiro atoms. The van der Waals surface area contributed by atoms with Crippen molar-refractivity contribution < 1.29 is 50.2 Å². The van der Waals surface area contributed by atoms with Gasteiger partial charge in [-0.3, -0.25) is 9.59 Å². The maximum Gasteiger partial charge on any atom is 0.437 e. The first-order valence-corrected chi connectivity index (χ1v) is 13.5. The number of fused-ring (bicyclic) bond motifs is 1. The largest absolute Gasteiger partial charge is 0.466 e. The van der Waals surface area contributed by atoms with Crippen molar-refractivity contribution in [2.45, 2.75) is 90.0 Å². The van der Waals surface area contributed by atoms with Gasteiger partial charge in [-0.2, -0.15) is 26.3 Å². The van der Waals surface area contributed by atoms with E-state index in [1.54, 1.807) is 34.6 Å². The number of piperidine rings is 1. The summed E-state index contributed by atoms with van der Waals surface area (Å²) < 4.78 is 95.0. The van der Waals surface area contributed by atoms with Crippen LogP contribution in [0.4, 0.5) is 36.8 Å². The SMILES string of the molecule is CC(C)N(C(=O)c1cc2c(cc1C(F)(F)F)O[C@@](C)(C(F)(F)F)C(=O)N2CCN)C1CCCN(C(=O)OC(C)(C)C)C1. The van der Waals surface area contributed by atoms with Crippen LogP contribution in [-0.2, 0) is 15.7 Å². The van der Waals surface area contributed by atoms with Crippen LogP contribution in [0.2, 0.25) is 0 Å². The highest BCUT2D eigenvalue weighted by Gasteiger charge is 2.63. The van der Waals surface area contributed by atoms with Crippen LogP contribution in [-0.4, -0.2) is 83.3 Å². The summed E-state index contributed by atoms with van der Waals surface area (Å²) in [7, 11) is 0. The highest BCUT2D eigenvalue weighted by Crippen LogP contribution is 2.48. The standard InChI is InChI=1S/C27H36F6N4O5/c1-15(2)37(16-8-7-10-35(14-16)23(40)42-24(3,4)5)21(38)17-12-19-20(13-18(17)26(28,29)30)41-25(6,27(31,32)33)22(39)36(19)11-9-34/h12-13,15-16H,7-11,14,34H2,1-6H3/t16?,25-/m1/s1. The van der Waals surface area contributed by atoms with Crippen molar-refractivity contribution in [1.29, 1.82) is 0 Å². The van der Waals surface area contributed by atoms with Crippen molar-refractivity contribution in [2.24, 2.45) is 5.73 Å². The van der Waals surface area contributed by atoms with E-state index in [4.69, 9.17) is 15.2 Å². The maximum absolute atomic E-state index is 14.3. The lowest BCUT2D eigenvalue weighted by atomic mass is 9.95. The molecule has 1 fully saturated rings. The van der Waals surface area contributed by atoms with Gasteiger partial charge < -0.3 is 29.9 Å². The number of alkyl halides is 6. The first-order valence-electron chi connectivity index (χ1n) is 13.5. The molecular weight excluding hydrogens is 574 g/mol. The quantitative estimate of drug-likeness (QED) is 0.473. The number of nitrogens with zero attached hydrogens (tertiary/aromatic N) is 3. The van der Waals surface area contributed by atoms with Gasteiger partial charge in [-0.1, -0.05) is 0 Å². The summed E-state index contributed by atoms with van der Waals surface area (Å²) in [6, 6.07) is -0.282. The summed E-state index contributed by atoms with van der Waals surface area (Å²) in [4.78, 5) is 42.8. The van der Waals surface area contributed by atoms with E-state index in [0.29, 0.717) is 37.3 Å². The maximum atomic E-state index is 14.3. The van der Waals surface area contributed by atoms with E-state index >= 15 is 0 Å². The van der Waals surface area contributed by atoms with Gasteiger partial charge in [-0.25, -0.2) is 4.79 Å². The first kappa shape index (κ1) is 33.3. The highest BCUT2D eigenvalue weighted by atomic mass is 19.4. The lowest BCUT2D eigenvalue weighted by Crippen LogP contribution is -2.63. The Bertz CT molecular complexity index is 1210. The Morgan fingerprint density at radius 1 is 1.17 bits per heavy atom. The van der Waals surface area contributed by atoms with Crippen molar-refractivity contribution in [3.63, 3.8) is 0 Å². The topological polar surface area (TPSA) is 105 Å². The number of hydrogen-bond donors (Lipinski definition) is 1. The minimum absolute atomic E-state index is 0.00401. The molecule has 1 saturated heterocycles. The van der Waals surface area contributed by atoms with E-state index < -0.39 is 82.7 Å². The molecule has 3 rings (SSSR count). The van der Waals surface area contributed by atoms with Crippen molar-refractivity contribution in [2.75, 3.05) is 31.1 Å². The molecule has 15 heteroatoms. The second kappa shape index (κ2) is 11.5. The van der Waals surface area contributed by atoms with Crippen molar-refractivity contribution in [3.05, 3.63) is 23.3 Å². The van der Waals surface area contributed by atoms with Gasteiger partial charge in [-0.05, 0) is 66.5 Å². The van der Waals surface area contributed by atoms with Crippen LogP contribution in [0.3, 0.4) is 0 Å². The van der Waals surface area contributed by atoms with Crippen LogP contribution in [0.25, 0.3) is 0 Å². The van der Waals surface area contributed by atoms with Crippen LogP contribution in [0.15, 0.2) is 12.1 Å². The molecule has 3 amide bonds. The average molecular weight is 611 g/mol. The van der Waals surface area contributed by atoms with Gasteiger partial charge in [0.2, 0.25) is 0 Å². The molecule has 1 unspecified atom stereocenters. The lowest BCUT2D eigenvalue weighted by molar-refractivity contribution is -0.236. The van der Waals surface area contributed by atoms with Crippen molar-refractivity contribution >= 4 is 23.6 Å². The first-order chi connectivity index (χ1) is 19.1. The van der Waals surface area contributed by atoms with Crippen molar-refractivity contribution in [1.82, 2.24) is 9.80 Å². The molecule has 1 aromatic carbocycles. The number of ether oxygens (including phenoxy) is 2. The second-order valence-corrected chi connectivity index (χ2v) is 11.8. The van der Waals surface area contributed by atoms with E-state index in [1.807, 2.05) is 0 Å². The van der Waals surface area contributed by atoms with E-state index in [9.17, 15) is 40.7 Å². The third-order valence-electron chi connectivity index (χ3n) is 7.02. The fraction of sp³-hybridized carbons (Fsp3) is 0.667. The van der Waals surface area contributed by atoms with E-state index in [-0.39, 0.29) is 13.1 Å². The van der Waals surface area contributed by atoms with Gasteiger partial charge in [0.1, 0.15) is 11.4 Å². The van der Waals surface area contributed by atoms with Crippen LogP contribution in [0, 0.1) is 0 Å². The normalized spacial score (nSPS) is 21.7. The Balaban J connectivity index is 2.11. The molecule has 1 aromatic rings. The summed E-state index contributed by atoms with van der Waals surface area (Å²) in [5.41, 5.74) is -1.58. The number of anilines is 1. The van der Waals surface area contributed by atoms with Crippen LogP contribution in [0.5, 0.6) is 5.75 Å². The molecule has 0 aromatic heterocycles. The van der Waals surface area contributed by atoms with E-state index in [0.717, 1.165) is 6.07 Å². The third-order valence-corrected chi connectivity index (χ3v) is 7.02. The summed E-state index contributed by atoms with van der Waals surface area (Å²) in [5, 5.41) is 0. The summed E-state index contributed by atoms with van der Waals surface area (Å²) in [6.45, 7) is 8.20. The zero-order valence-corrected chi connectivity index (χ0v) is 24.3. The third kappa shape index (κ3) is 6.55. The Labute approximate surface area is 239 Å². The van der Waals surface area contributed by atoms with Crippen molar-refractivity contribution in [3.8, 4) is 5.75 Å². The average Bonchev–Trinajstić information content (AvgIpc) is 2.84. The number of amides is 3.